The number of piperidine rings is 1. The number of halogens is 1. The normalized spacial score (nSPS) is 15.4. The van der Waals surface area contributed by atoms with Gasteiger partial charge in [-0.05, 0) is 37.5 Å². The summed E-state index contributed by atoms with van der Waals surface area (Å²) in [5.74, 6) is -1.37. The summed E-state index contributed by atoms with van der Waals surface area (Å²) in [6, 6.07) is 4.97. The van der Waals surface area contributed by atoms with Gasteiger partial charge in [-0.25, -0.2) is 9.18 Å². The first kappa shape index (κ1) is 17.7. The molecule has 1 saturated heterocycles. The lowest BCUT2D eigenvalue weighted by Crippen LogP contribution is -2.39. The van der Waals surface area contributed by atoms with E-state index >= 15 is 0 Å². The topological polar surface area (TPSA) is 75.4 Å². The zero-order chi connectivity index (χ0) is 19.1. The number of carbonyl (C=O) groups is 2. The van der Waals surface area contributed by atoms with E-state index in [0.717, 1.165) is 4.70 Å². The van der Waals surface area contributed by atoms with Crippen LogP contribution in [0.1, 0.15) is 44.5 Å². The Bertz CT molecular complexity index is 1030. The summed E-state index contributed by atoms with van der Waals surface area (Å²) in [5.41, 5.74) is 0.856. The van der Waals surface area contributed by atoms with Crippen molar-refractivity contribution in [2.45, 2.75) is 25.8 Å². The van der Waals surface area contributed by atoms with Crippen LogP contribution >= 0.6 is 11.3 Å². The number of aromatic nitrogens is 2. The molecule has 0 atom stereocenters. The molecule has 1 fully saturated rings. The summed E-state index contributed by atoms with van der Waals surface area (Å²) in [4.78, 5) is 26.3. The number of fused-ring (bicyclic) bond motifs is 1. The smallest absolute Gasteiger partial charge is 0.338 e. The summed E-state index contributed by atoms with van der Waals surface area (Å²) in [7, 11) is 0. The van der Waals surface area contributed by atoms with E-state index in [-0.39, 0.29) is 23.3 Å². The van der Waals surface area contributed by atoms with Gasteiger partial charge in [-0.15, -0.1) is 11.3 Å². The highest BCUT2D eigenvalue weighted by Gasteiger charge is 2.28. The minimum Gasteiger partial charge on any atom is -0.478 e. The lowest BCUT2D eigenvalue weighted by Gasteiger charge is -2.32. The molecule has 1 amide bonds. The summed E-state index contributed by atoms with van der Waals surface area (Å²) < 4.78 is 16.5. The van der Waals surface area contributed by atoms with Crippen molar-refractivity contribution < 1.29 is 19.1 Å². The van der Waals surface area contributed by atoms with Crippen molar-refractivity contribution in [1.29, 1.82) is 0 Å². The second-order valence-electron chi connectivity index (χ2n) is 6.71. The number of benzene rings is 1. The monoisotopic (exact) mass is 387 g/mol. The number of aromatic carboxylic acids is 1. The van der Waals surface area contributed by atoms with Crippen molar-refractivity contribution in [2.75, 3.05) is 13.1 Å². The predicted molar refractivity (Wildman–Crippen MR) is 99.9 cm³/mol. The van der Waals surface area contributed by atoms with Gasteiger partial charge in [0.15, 0.2) is 0 Å². The van der Waals surface area contributed by atoms with Crippen molar-refractivity contribution in [3.8, 4) is 0 Å². The molecule has 1 aliphatic heterocycles. The number of carboxylic acid groups (broad SMARTS) is 1. The number of amides is 1. The molecule has 1 aromatic carbocycles. The number of carboxylic acids is 1. The van der Waals surface area contributed by atoms with Crippen molar-refractivity contribution in [1.82, 2.24) is 14.7 Å². The van der Waals surface area contributed by atoms with E-state index in [2.05, 4.69) is 5.10 Å². The molecular formula is C19H18FN3O3S. The minimum absolute atomic E-state index is 0.0711. The first-order valence-corrected chi connectivity index (χ1v) is 9.51. The van der Waals surface area contributed by atoms with Gasteiger partial charge in [0, 0.05) is 29.4 Å². The van der Waals surface area contributed by atoms with E-state index in [4.69, 9.17) is 5.11 Å². The van der Waals surface area contributed by atoms with E-state index in [1.54, 1.807) is 22.6 Å². The summed E-state index contributed by atoms with van der Waals surface area (Å²) in [5, 5.41) is 13.7. The molecule has 0 saturated carbocycles. The fourth-order valence-corrected chi connectivity index (χ4v) is 4.77. The molecule has 3 aromatic rings. The summed E-state index contributed by atoms with van der Waals surface area (Å²) in [6.45, 7) is 2.91. The number of hydrogen-bond donors (Lipinski definition) is 1. The van der Waals surface area contributed by atoms with Crippen LogP contribution in [0.2, 0.25) is 0 Å². The average molecular weight is 387 g/mol. The molecule has 2 aromatic heterocycles. The molecule has 3 heterocycles. The molecule has 0 aliphatic carbocycles. The van der Waals surface area contributed by atoms with E-state index in [0.29, 0.717) is 41.8 Å². The Morgan fingerprint density at radius 2 is 2.04 bits per heavy atom. The molecule has 0 bridgehead atoms. The molecule has 6 nitrogen and oxygen atoms in total. The number of hydrogen-bond acceptors (Lipinski definition) is 4. The van der Waals surface area contributed by atoms with Crippen LogP contribution in [-0.4, -0.2) is 44.8 Å². The number of thiophene rings is 1. The third-order valence-electron chi connectivity index (χ3n) is 5.07. The Kier molecular flexibility index (Phi) is 4.43. The Hall–Kier alpha value is -2.74. The van der Waals surface area contributed by atoms with E-state index in [1.807, 2.05) is 6.07 Å². The highest BCUT2D eigenvalue weighted by molar-refractivity contribution is 7.21. The standard InChI is InChI=1S/C19H18FN3O3S/c1-11-16-14(20)3-2-4-15(16)27-17(11)18(24)22-7-5-13(6-8-22)23-10-12(9-21-23)19(25)26/h2-4,9-10,13H,5-8H2,1H3,(H,25,26). The summed E-state index contributed by atoms with van der Waals surface area (Å²) in [6.07, 6.45) is 4.27. The second kappa shape index (κ2) is 6.77. The maximum absolute atomic E-state index is 14.1. The molecule has 1 aliphatic rings. The Balaban J connectivity index is 1.49. The molecule has 0 radical (unpaired) electrons. The lowest BCUT2D eigenvalue weighted by atomic mass is 10.0. The molecule has 1 N–H and O–H groups in total. The molecule has 4 rings (SSSR count). The van der Waals surface area contributed by atoms with Crippen molar-refractivity contribution in [2.24, 2.45) is 0 Å². The van der Waals surface area contributed by atoms with Crippen molar-refractivity contribution in [3.05, 3.63) is 52.4 Å². The third-order valence-corrected chi connectivity index (χ3v) is 6.32. The van der Waals surface area contributed by atoms with Crippen molar-refractivity contribution >= 4 is 33.3 Å². The van der Waals surface area contributed by atoms with Crippen LogP contribution in [-0.2, 0) is 0 Å². The van der Waals surface area contributed by atoms with Crippen LogP contribution in [0.4, 0.5) is 4.39 Å². The third kappa shape index (κ3) is 3.10. The van der Waals surface area contributed by atoms with Gasteiger partial charge in [-0.2, -0.15) is 5.10 Å². The van der Waals surface area contributed by atoms with Gasteiger partial charge < -0.3 is 10.0 Å². The van der Waals surface area contributed by atoms with Gasteiger partial charge in [0.1, 0.15) is 5.82 Å². The van der Waals surface area contributed by atoms with Crippen LogP contribution in [0.25, 0.3) is 10.1 Å². The zero-order valence-corrected chi connectivity index (χ0v) is 15.5. The minimum atomic E-state index is -0.999. The van der Waals surface area contributed by atoms with Crippen LogP contribution in [0.5, 0.6) is 0 Å². The maximum Gasteiger partial charge on any atom is 0.338 e. The second-order valence-corrected chi connectivity index (χ2v) is 7.76. The van der Waals surface area contributed by atoms with Gasteiger partial charge in [0.05, 0.1) is 22.7 Å². The quantitative estimate of drug-likeness (QED) is 0.743. The number of carbonyl (C=O) groups excluding carboxylic acids is 1. The van der Waals surface area contributed by atoms with Gasteiger partial charge in [0.2, 0.25) is 0 Å². The first-order chi connectivity index (χ1) is 13.0. The molecule has 0 unspecified atom stereocenters. The molecular weight excluding hydrogens is 369 g/mol. The van der Waals surface area contributed by atoms with Crippen LogP contribution in [0.3, 0.4) is 0 Å². The Morgan fingerprint density at radius 3 is 2.67 bits per heavy atom. The average Bonchev–Trinajstić information content (AvgIpc) is 3.27. The fourth-order valence-electron chi connectivity index (χ4n) is 3.58. The Labute approximate surface area is 158 Å². The highest BCUT2D eigenvalue weighted by Crippen LogP contribution is 2.34. The first-order valence-electron chi connectivity index (χ1n) is 8.70. The van der Waals surface area contributed by atoms with Crippen LogP contribution in [0, 0.1) is 12.7 Å². The van der Waals surface area contributed by atoms with Gasteiger partial charge in [-0.1, -0.05) is 6.07 Å². The number of nitrogens with zero attached hydrogens (tertiary/aromatic N) is 3. The molecule has 0 spiro atoms. The number of rotatable bonds is 3. The SMILES string of the molecule is Cc1c(C(=O)N2CCC(n3cc(C(=O)O)cn3)CC2)sc2cccc(F)c12. The lowest BCUT2D eigenvalue weighted by molar-refractivity contribution is 0.0691. The van der Waals surface area contributed by atoms with E-state index < -0.39 is 5.97 Å². The maximum atomic E-state index is 14.1. The van der Waals surface area contributed by atoms with E-state index in [1.165, 1.54) is 29.8 Å². The van der Waals surface area contributed by atoms with E-state index in [9.17, 15) is 14.0 Å². The highest BCUT2D eigenvalue weighted by atomic mass is 32.1. The van der Waals surface area contributed by atoms with Crippen molar-refractivity contribution in [3.63, 3.8) is 0 Å². The number of aryl methyl sites for hydroxylation is 1. The van der Waals surface area contributed by atoms with Gasteiger partial charge >= 0.3 is 5.97 Å². The summed E-state index contributed by atoms with van der Waals surface area (Å²) >= 11 is 1.33. The fraction of sp³-hybridized carbons (Fsp3) is 0.316. The Morgan fingerprint density at radius 1 is 1.30 bits per heavy atom. The van der Waals surface area contributed by atoms with Gasteiger partial charge in [-0.3, -0.25) is 9.48 Å². The molecule has 8 heteroatoms. The predicted octanol–water partition coefficient (Wildman–Crippen LogP) is 3.72. The van der Waals surface area contributed by atoms with Crippen LogP contribution < -0.4 is 0 Å². The van der Waals surface area contributed by atoms with Crippen LogP contribution in [0.15, 0.2) is 30.6 Å². The van der Waals surface area contributed by atoms with Gasteiger partial charge in [0.25, 0.3) is 5.91 Å². The molecule has 27 heavy (non-hydrogen) atoms. The molecule has 140 valence electrons. The zero-order valence-electron chi connectivity index (χ0n) is 14.7. The number of likely N-dealkylation sites (tertiary alicyclic amines) is 1. The largest absolute Gasteiger partial charge is 0.478 e.